The second-order valence-electron chi connectivity index (χ2n) is 8.27. The second kappa shape index (κ2) is 8.82. The number of nitrogens with one attached hydrogen (secondary N) is 1. The van der Waals surface area contributed by atoms with Gasteiger partial charge in [-0.15, -0.1) is 0 Å². The number of aryl methyl sites for hydroxylation is 1. The number of hydrogen-bond acceptors (Lipinski definition) is 6. The Hall–Kier alpha value is -4.14. The molecule has 4 aromatic rings. The maximum atomic E-state index is 13.6. The summed E-state index contributed by atoms with van der Waals surface area (Å²) in [4.78, 5) is 27.1. The van der Waals surface area contributed by atoms with Gasteiger partial charge in [-0.25, -0.2) is 8.42 Å². The van der Waals surface area contributed by atoms with Crippen LogP contribution >= 0.6 is 11.6 Å². The summed E-state index contributed by atoms with van der Waals surface area (Å²) in [5, 5.41) is 0.261. The quantitative estimate of drug-likeness (QED) is 0.293. The monoisotopic (exact) mass is 518 g/mol. The van der Waals surface area contributed by atoms with Gasteiger partial charge in [-0.1, -0.05) is 47.5 Å². The van der Waals surface area contributed by atoms with E-state index in [-0.39, 0.29) is 49.3 Å². The Balaban J connectivity index is 1.72. The van der Waals surface area contributed by atoms with E-state index in [2.05, 4.69) is 4.72 Å². The largest absolute Gasteiger partial charge is 0.455 e. The van der Waals surface area contributed by atoms with E-state index in [1.54, 1.807) is 42.5 Å². The topological polar surface area (TPSA) is 116 Å². The Kier molecular flexibility index (Phi) is 5.78. The number of hydrogen-bond donors (Lipinski definition) is 2. The first-order valence-electron chi connectivity index (χ1n) is 10.8. The zero-order valence-electron chi connectivity index (χ0n) is 18.9. The van der Waals surface area contributed by atoms with Gasteiger partial charge in [-0.2, -0.15) is 0 Å². The molecule has 0 saturated heterocycles. The van der Waals surface area contributed by atoms with E-state index >= 15 is 0 Å². The fourth-order valence-electron chi connectivity index (χ4n) is 4.02. The lowest BCUT2D eigenvalue weighted by Gasteiger charge is -2.24. The zero-order chi connectivity index (χ0) is 25.6. The van der Waals surface area contributed by atoms with Crippen LogP contribution in [0.5, 0.6) is 11.5 Å². The molecule has 0 saturated carbocycles. The van der Waals surface area contributed by atoms with Crippen LogP contribution in [0.4, 0.5) is 11.4 Å². The van der Waals surface area contributed by atoms with Crippen LogP contribution in [0.25, 0.3) is 0 Å². The average molecular weight is 519 g/mol. The minimum atomic E-state index is -4.13. The van der Waals surface area contributed by atoms with E-state index in [0.717, 1.165) is 5.56 Å². The molecule has 0 spiro atoms. The van der Waals surface area contributed by atoms with E-state index in [1.807, 2.05) is 6.92 Å². The molecule has 36 heavy (non-hydrogen) atoms. The van der Waals surface area contributed by atoms with Gasteiger partial charge in [-0.3, -0.25) is 14.3 Å². The molecule has 0 amide bonds. The predicted molar refractivity (Wildman–Crippen MR) is 138 cm³/mol. The number of carbonyl (C=O) groups excluding carboxylic acids is 2. The van der Waals surface area contributed by atoms with Crippen molar-refractivity contribution in [1.82, 2.24) is 0 Å². The number of rotatable bonds is 5. The van der Waals surface area contributed by atoms with Crippen molar-refractivity contribution < 1.29 is 22.7 Å². The molecule has 0 fully saturated rings. The number of ketones is 2. The number of sulfonamides is 1. The van der Waals surface area contributed by atoms with E-state index in [9.17, 15) is 18.0 Å². The highest BCUT2D eigenvalue weighted by molar-refractivity contribution is 7.92. The summed E-state index contributed by atoms with van der Waals surface area (Å²) < 4.78 is 34.8. The minimum absolute atomic E-state index is 0.0118. The predicted octanol–water partition coefficient (Wildman–Crippen LogP) is 5.60. The molecular formula is C27H19ClN2O5S. The molecule has 180 valence electrons. The smallest absolute Gasteiger partial charge is 0.261 e. The zero-order valence-corrected chi connectivity index (χ0v) is 20.5. The van der Waals surface area contributed by atoms with Crippen LogP contribution in [-0.4, -0.2) is 20.0 Å². The molecule has 1 aliphatic carbocycles. The van der Waals surface area contributed by atoms with Crippen LogP contribution in [-0.2, 0) is 10.0 Å². The molecule has 0 heterocycles. The third-order valence-electron chi connectivity index (χ3n) is 5.80. The lowest BCUT2D eigenvalue weighted by Crippen LogP contribution is -2.25. The number of nitrogens with two attached hydrogens (primary N) is 1. The first kappa shape index (κ1) is 23.6. The Morgan fingerprint density at radius 1 is 0.833 bits per heavy atom. The molecule has 0 aromatic heterocycles. The molecule has 9 heteroatoms. The summed E-state index contributed by atoms with van der Waals surface area (Å²) in [6.45, 7) is 1.83. The highest BCUT2D eigenvalue weighted by Gasteiger charge is 2.36. The van der Waals surface area contributed by atoms with Crippen molar-refractivity contribution in [3.63, 3.8) is 0 Å². The van der Waals surface area contributed by atoms with E-state index in [4.69, 9.17) is 22.1 Å². The Bertz CT molecular complexity index is 1650. The lowest BCUT2D eigenvalue weighted by atomic mass is 9.82. The van der Waals surface area contributed by atoms with Crippen molar-refractivity contribution in [1.29, 1.82) is 0 Å². The van der Waals surface area contributed by atoms with Crippen molar-refractivity contribution in [3.8, 4) is 11.5 Å². The van der Waals surface area contributed by atoms with Gasteiger partial charge in [0.1, 0.15) is 5.75 Å². The van der Waals surface area contributed by atoms with E-state index in [1.165, 1.54) is 36.4 Å². The summed E-state index contributed by atoms with van der Waals surface area (Å²) in [5.74, 6) is -0.678. The van der Waals surface area contributed by atoms with Crippen LogP contribution in [0, 0.1) is 6.92 Å². The standard InChI is InChI=1S/C27H19ClN2O5S/c1-15-7-10-18(11-8-15)36(33,34)30-21-14-22(35-17-5-3-2-4-6-17)25(29)24-23(21)27(32)20-13-16(28)9-12-19(20)26(24)31/h2-14,30H,29H2,1H3. The molecule has 0 radical (unpaired) electrons. The number of fused-ring (bicyclic) bond motifs is 2. The van der Waals surface area contributed by atoms with E-state index < -0.39 is 21.6 Å². The molecule has 0 unspecified atom stereocenters. The number of nitrogen functional groups attached to an aromatic ring is 1. The molecule has 7 nitrogen and oxygen atoms in total. The second-order valence-corrected chi connectivity index (χ2v) is 10.4. The molecule has 1 aliphatic rings. The van der Waals surface area contributed by atoms with Crippen LogP contribution in [0.2, 0.25) is 5.02 Å². The van der Waals surface area contributed by atoms with Gasteiger partial charge in [0, 0.05) is 22.2 Å². The maximum Gasteiger partial charge on any atom is 0.261 e. The molecular weight excluding hydrogens is 500 g/mol. The van der Waals surface area contributed by atoms with Crippen molar-refractivity contribution in [2.24, 2.45) is 0 Å². The normalized spacial score (nSPS) is 12.6. The number of para-hydroxylation sites is 1. The first-order chi connectivity index (χ1) is 17.2. The molecule has 0 atom stereocenters. The van der Waals surface area contributed by atoms with Crippen molar-refractivity contribution in [3.05, 3.63) is 112 Å². The average Bonchev–Trinajstić information content (AvgIpc) is 2.85. The number of carbonyl (C=O) groups is 2. The van der Waals surface area contributed by atoms with Gasteiger partial charge < -0.3 is 10.5 Å². The highest BCUT2D eigenvalue weighted by Crippen LogP contribution is 2.43. The highest BCUT2D eigenvalue weighted by atomic mass is 35.5. The van der Waals surface area contributed by atoms with Gasteiger partial charge in [0.25, 0.3) is 10.0 Å². The third-order valence-corrected chi connectivity index (χ3v) is 7.42. The molecule has 5 rings (SSSR count). The first-order valence-corrected chi connectivity index (χ1v) is 12.7. The van der Waals surface area contributed by atoms with Crippen molar-refractivity contribution in [2.75, 3.05) is 10.5 Å². The van der Waals surface area contributed by atoms with Crippen LogP contribution in [0.1, 0.15) is 37.4 Å². The summed E-state index contributed by atoms with van der Waals surface area (Å²) in [6.07, 6.45) is 0. The molecule has 3 N–H and O–H groups in total. The summed E-state index contributed by atoms with van der Waals surface area (Å²) >= 11 is 6.08. The number of anilines is 2. The fourth-order valence-corrected chi connectivity index (χ4v) is 5.25. The minimum Gasteiger partial charge on any atom is -0.455 e. The van der Waals surface area contributed by atoms with Gasteiger partial charge in [0.15, 0.2) is 17.3 Å². The number of benzene rings is 4. The number of ether oxygens (including phenoxy) is 1. The van der Waals surface area contributed by atoms with Crippen LogP contribution in [0.3, 0.4) is 0 Å². The Morgan fingerprint density at radius 2 is 1.50 bits per heavy atom. The number of halogens is 1. The molecule has 0 bridgehead atoms. The maximum absolute atomic E-state index is 13.6. The van der Waals surface area contributed by atoms with Gasteiger partial charge in [0.05, 0.1) is 27.4 Å². The van der Waals surface area contributed by atoms with Crippen molar-refractivity contribution in [2.45, 2.75) is 11.8 Å². The molecule has 0 aliphatic heterocycles. The lowest BCUT2D eigenvalue weighted by molar-refractivity contribution is 0.0980. The summed E-state index contributed by atoms with van der Waals surface area (Å²) in [6, 6.07) is 20.5. The Labute approximate surface area is 212 Å². The molecule has 4 aromatic carbocycles. The van der Waals surface area contributed by atoms with Gasteiger partial charge in [-0.05, 0) is 49.4 Å². The van der Waals surface area contributed by atoms with Gasteiger partial charge >= 0.3 is 0 Å². The van der Waals surface area contributed by atoms with Crippen LogP contribution in [0.15, 0.2) is 83.8 Å². The van der Waals surface area contributed by atoms with Gasteiger partial charge in [0.2, 0.25) is 0 Å². The van der Waals surface area contributed by atoms with Crippen LogP contribution < -0.4 is 15.2 Å². The SMILES string of the molecule is Cc1ccc(S(=O)(=O)Nc2cc(Oc3ccccc3)c(N)c3c2C(=O)c2cc(Cl)ccc2C3=O)cc1. The fraction of sp³-hybridized carbons (Fsp3) is 0.0370. The van der Waals surface area contributed by atoms with Crippen molar-refractivity contribution >= 4 is 44.6 Å². The third kappa shape index (κ3) is 4.10. The summed E-state index contributed by atoms with van der Waals surface area (Å²) in [5.41, 5.74) is 6.91. The Morgan fingerprint density at radius 3 is 2.19 bits per heavy atom. The van der Waals surface area contributed by atoms with E-state index in [0.29, 0.717) is 5.75 Å². The summed E-state index contributed by atoms with van der Waals surface area (Å²) in [7, 11) is -4.13.